The summed E-state index contributed by atoms with van der Waals surface area (Å²) in [5.41, 5.74) is 6.65. The van der Waals surface area contributed by atoms with Gasteiger partial charge in [-0.25, -0.2) is 4.68 Å². The van der Waals surface area contributed by atoms with Gasteiger partial charge in [-0.05, 0) is 38.5 Å². The molecule has 25 heavy (non-hydrogen) atoms. The van der Waals surface area contributed by atoms with Crippen molar-refractivity contribution in [1.82, 2.24) is 19.7 Å². The quantitative estimate of drug-likeness (QED) is 0.612. The average molecular weight is 333 g/mol. The van der Waals surface area contributed by atoms with Gasteiger partial charge in [0.15, 0.2) is 5.58 Å². The van der Waals surface area contributed by atoms with Crippen LogP contribution in [0.3, 0.4) is 0 Å². The maximum Gasteiger partial charge on any atom is 0.296 e. The molecule has 0 aliphatic heterocycles. The SMILES string of the molecule is Cc1cccc(-n2cc(CNc3nc4c(C)nc(C)cc4o3)cn2)c1. The van der Waals surface area contributed by atoms with Crippen molar-refractivity contribution < 1.29 is 4.42 Å². The summed E-state index contributed by atoms with van der Waals surface area (Å²) in [7, 11) is 0. The molecule has 1 aromatic carbocycles. The third kappa shape index (κ3) is 3.10. The Morgan fingerprint density at radius 3 is 2.84 bits per heavy atom. The lowest BCUT2D eigenvalue weighted by atomic mass is 10.2. The molecule has 0 aliphatic carbocycles. The lowest BCUT2D eigenvalue weighted by molar-refractivity contribution is 0.614. The van der Waals surface area contributed by atoms with Crippen LogP contribution >= 0.6 is 0 Å². The van der Waals surface area contributed by atoms with Crippen molar-refractivity contribution in [1.29, 1.82) is 0 Å². The van der Waals surface area contributed by atoms with Crippen LogP contribution in [0.25, 0.3) is 16.8 Å². The fraction of sp³-hybridized carbons (Fsp3) is 0.211. The van der Waals surface area contributed by atoms with Crippen LogP contribution in [-0.2, 0) is 6.54 Å². The van der Waals surface area contributed by atoms with Gasteiger partial charge in [0.2, 0.25) is 0 Å². The summed E-state index contributed by atoms with van der Waals surface area (Å²) in [4.78, 5) is 8.89. The Bertz CT molecular complexity index is 1050. The molecule has 0 saturated carbocycles. The zero-order valence-corrected chi connectivity index (χ0v) is 14.4. The van der Waals surface area contributed by atoms with Gasteiger partial charge in [0, 0.05) is 30.1 Å². The Hall–Kier alpha value is -3.15. The molecule has 6 nitrogen and oxygen atoms in total. The number of nitrogens with one attached hydrogen (secondary N) is 1. The second-order valence-corrected chi connectivity index (χ2v) is 6.20. The Kier molecular flexibility index (Phi) is 3.72. The van der Waals surface area contributed by atoms with Gasteiger partial charge in [0.1, 0.15) is 5.52 Å². The van der Waals surface area contributed by atoms with E-state index in [-0.39, 0.29) is 0 Å². The maximum atomic E-state index is 5.77. The van der Waals surface area contributed by atoms with E-state index in [0.29, 0.717) is 12.6 Å². The van der Waals surface area contributed by atoms with Gasteiger partial charge in [0.25, 0.3) is 6.01 Å². The number of pyridine rings is 1. The van der Waals surface area contributed by atoms with Crippen molar-refractivity contribution in [3.05, 3.63) is 65.2 Å². The molecule has 0 saturated heterocycles. The molecule has 4 rings (SSSR count). The second kappa shape index (κ2) is 6.05. The molecule has 0 bridgehead atoms. The van der Waals surface area contributed by atoms with E-state index in [0.717, 1.165) is 33.7 Å². The molecular weight excluding hydrogens is 314 g/mol. The van der Waals surface area contributed by atoms with Crippen LogP contribution in [-0.4, -0.2) is 19.7 Å². The molecule has 0 fully saturated rings. The molecule has 0 radical (unpaired) electrons. The number of nitrogens with zero attached hydrogens (tertiary/aromatic N) is 4. The summed E-state index contributed by atoms with van der Waals surface area (Å²) in [5.74, 6) is 0. The minimum absolute atomic E-state index is 0.494. The number of anilines is 1. The van der Waals surface area contributed by atoms with E-state index in [4.69, 9.17) is 4.42 Å². The lowest BCUT2D eigenvalue weighted by Crippen LogP contribution is -1.99. The fourth-order valence-electron chi connectivity index (χ4n) is 2.84. The summed E-state index contributed by atoms with van der Waals surface area (Å²) in [6.07, 6.45) is 3.84. The molecule has 0 amide bonds. The molecule has 0 atom stereocenters. The van der Waals surface area contributed by atoms with Crippen LogP contribution in [0.15, 0.2) is 47.1 Å². The first-order valence-corrected chi connectivity index (χ1v) is 8.18. The van der Waals surface area contributed by atoms with Gasteiger partial charge in [-0.3, -0.25) is 4.98 Å². The van der Waals surface area contributed by atoms with E-state index in [1.165, 1.54) is 5.56 Å². The number of aromatic nitrogens is 4. The van der Waals surface area contributed by atoms with Crippen molar-refractivity contribution >= 4 is 17.1 Å². The van der Waals surface area contributed by atoms with E-state index in [9.17, 15) is 0 Å². The van der Waals surface area contributed by atoms with Gasteiger partial charge in [0.05, 0.1) is 17.6 Å². The molecule has 126 valence electrons. The van der Waals surface area contributed by atoms with Crippen molar-refractivity contribution in [2.75, 3.05) is 5.32 Å². The predicted octanol–water partition coefficient (Wildman–Crippen LogP) is 3.95. The maximum absolute atomic E-state index is 5.77. The third-order valence-corrected chi connectivity index (χ3v) is 4.03. The van der Waals surface area contributed by atoms with Crippen molar-refractivity contribution in [3.63, 3.8) is 0 Å². The van der Waals surface area contributed by atoms with Gasteiger partial charge in [-0.15, -0.1) is 0 Å². The molecule has 3 heterocycles. The molecule has 3 aromatic heterocycles. The summed E-state index contributed by atoms with van der Waals surface area (Å²) >= 11 is 0. The minimum atomic E-state index is 0.494. The number of hydrogen-bond donors (Lipinski definition) is 1. The molecule has 0 spiro atoms. The first-order valence-electron chi connectivity index (χ1n) is 8.18. The Morgan fingerprint density at radius 1 is 1.12 bits per heavy atom. The zero-order chi connectivity index (χ0) is 17.4. The summed E-state index contributed by atoms with van der Waals surface area (Å²) in [6, 6.07) is 10.6. The average Bonchev–Trinajstić information content (AvgIpc) is 3.19. The van der Waals surface area contributed by atoms with E-state index in [1.807, 2.05) is 49.1 Å². The molecule has 0 aliphatic rings. The van der Waals surface area contributed by atoms with Crippen LogP contribution in [0.1, 0.15) is 22.5 Å². The summed E-state index contributed by atoms with van der Waals surface area (Å²) in [6.45, 7) is 6.54. The van der Waals surface area contributed by atoms with Crippen molar-refractivity contribution in [3.8, 4) is 5.69 Å². The Balaban J connectivity index is 1.51. The third-order valence-electron chi connectivity index (χ3n) is 4.03. The number of oxazole rings is 1. The lowest BCUT2D eigenvalue weighted by Gasteiger charge is -2.02. The van der Waals surface area contributed by atoms with E-state index < -0.39 is 0 Å². The highest BCUT2D eigenvalue weighted by Crippen LogP contribution is 2.22. The van der Waals surface area contributed by atoms with Gasteiger partial charge in [-0.2, -0.15) is 10.1 Å². The Labute approximate surface area is 145 Å². The van der Waals surface area contributed by atoms with E-state index in [2.05, 4.69) is 39.4 Å². The first kappa shape index (κ1) is 15.4. The highest BCUT2D eigenvalue weighted by Gasteiger charge is 2.10. The van der Waals surface area contributed by atoms with Crippen LogP contribution in [0, 0.1) is 20.8 Å². The number of fused-ring (bicyclic) bond motifs is 1. The van der Waals surface area contributed by atoms with Gasteiger partial charge in [-0.1, -0.05) is 12.1 Å². The molecular formula is C19H19N5O. The topological polar surface area (TPSA) is 68.8 Å². The van der Waals surface area contributed by atoms with E-state index in [1.54, 1.807) is 0 Å². The highest BCUT2D eigenvalue weighted by atomic mass is 16.4. The molecule has 4 aromatic rings. The van der Waals surface area contributed by atoms with Crippen LogP contribution < -0.4 is 5.32 Å². The number of rotatable bonds is 4. The number of benzene rings is 1. The van der Waals surface area contributed by atoms with Crippen LogP contribution in [0.4, 0.5) is 6.01 Å². The highest BCUT2D eigenvalue weighted by molar-refractivity contribution is 5.76. The minimum Gasteiger partial charge on any atom is -0.423 e. The monoisotopic (exact) mass is 333 g/mol. The molecule has 0 unspecified atom stereocenters. The zero-order valence-electron chi connectivity index (χ0n) is 14.4. The number of aryl methyl sites for hydroxylation is 3. The van der Waals surface area contributed by atoms with E-state index >= 15 is 0 Å². The van der Waals surface area contributed by atoms with Gasteiger partial charge < -0.3 is 9.73 Å². The second-order valence-electron chi connectivity index (χ2n) is 6.20. The van der Waals surface area contributed by atoms with Crippen molar-refractivity contribution in [2.45, 2.75) is 27.3 Å². The normalized spacial score (nSPS) is 11.2. The summed E-state index contributed by atoms with van der Waals surface area (Å²) < 4.78 is 7.64. The largest absolute Gasteiger partial charge is 0.423 e. The van der Waals surface area contributed by atoms with Crippen LogP contribution in [0.5, 0.6) is 0 Å². The van der Waals surface area contributed by atoms with Crippen LogP contribution in [0.2, 0.25) is 0 Å². The molecule has 6 heteroatoms. The predicted molar refractivity (Wildman–Crippen MR) is 96.9 cm³/mol. The van der Waals surface area contributed by atoms with Crippen molar-refractivity contribution in [2.24, 2.45) is 0 Å². The first-order chi connectivity index (χ1) is 12.1. The smallest absolute Gasteiger partial charge is 0.296 e. The number of hydrogen-bond acceptors (Lipinski definition) is 5. The Morgan fingerprint density at radius 2 is 2.00 bits per heavy atom. The fourth-order valence-corrected chi connectivity index (χ4v) is 2.84. The van der Waals surface area contributed by atoms with Gasteiger partial charge >= 0.3 is 0 Å². The molecule has 1 N–H and O–H groups in total. The summed E-state index contributed by atoms with van der Waals surface area (Å²) in [5, 5.41) is 7.64. The standard InChI is InChI=1S/C19H19N5O/c1-12-5-4-6-16(7-12)24-11-15(10-21-24)9-20-19-23-18-14(3)22-13(2)8-17(18)25-19/h4-8,10-11H,9H2,1-3H3,(H,20,23).